The van der Waals surface area contributed by atoms with Gasteiger partial charge < -0.3 is 20.1 Å². The molecule has 32 heavy (non-hydrogen) atoms. The van der Waals surface area contributed by atoms with Crippen LogP contribution in [0.2, 0.25) is 0 Å². The molecule has 5 nitrogen and oxygen atoms in total. The number of carbonyl (C=O) groups is 1. The van der Waals surface area contributed by atoms with Crippen molar-refractivity contribution < 1.29 is 24.9 Å². The van der Waals surface area contributed by atoms with Gasteiger partial charge in [0, 0.05) is 12.0 Å². The molecule has 5 rings (SSSR count). The summed E-state index contributed by atoms with van der Waals surface area (Å²) >= 11 is 0. The Labute approximate surface area is 190 Å². The Morgan fingerprint density at radius 2 is 2.03 bits per heavy atom. The minimum atomic E-state index is -0.513. The topological polar surface area (TPSA) is 87.0 Å². The Morgan fingerprint density at radius 3 is 2.75 bits per heavy atom. The van der Waals surface area contributed by atoms with Gasteiger partial charge in [0.25, 0.3) is 0 Å². The highest BCUT2D eigenvalue weighted by molar-refractivity contribution is 5.90. The van der Waals surface area contributed by atoms with Crippen LogP contribution in [0.15, 0.2) is 29.3 Å². The molecule has 1 aliphatic heterocycles. The lowest BCUT2D eigenvalue weighted by atomic mass is 9.52. The normalized spacial score (nSPS) is 39.7. The number of hydrogen-bond donors (Lipinski definition) is 3. The van der Waals surface area contributed by atoms with Gasteiger partial charge in [-0.3, -0.25) is 0 Å². The third-order valence-electron chi connectivity index (χ3n) is 9.76. The van der Waals surface area contributed by atoms with E-state index in [0.717, 1.165) is 48.8 Å². The summed E-state index contributed by atoms with van der Waals surface area (Å²) in [4.78, 5) is 12.4. The molecule has 0 spiro atoms. The SMILES string of the molecule is CC1=C(CO)C(=O)OC(C(C)C2CCC3C4CC(O)c5cccc(O)c5C4CCC23C)C1. The van der Waals surface area contributed by atoms with E-state index in [0.29, 0.717) is 41.4 Å². The second-order valence-corrected chi connectivity index (χ2v) is 11.1. The Balaban J connectivity index is 1.40. The molecule has 174 valence electrons. The minimum Gasteiger partial charge on any atom is -0.508 e. The van der Waals surface area contributed by atoms with Crippen LogP contribution in [0.3, 0.4) is 0 Å². The number of fused-ring (bicyclic) bond motifs is 5. The van der Waals surface area contributed by atoms with E-state index in [1.165, 1.54) is 0 Å². The largest absolute Gasteiger partial charge is 0.508 e. The van der Waals surface area contributed by atoms with Gasteiger partial charge in [0.15, 0.2) is 0 Å². The number of aliphatic hydroxyl groups excluding tert-OH is 2. The summed E-state index contributed by atoms with van der Waals surface area (Å²) in [5, 5.41) is 31.0. The van der Waals surface area contributed by atoms with Crippen molar-refractivity contribution in [3.8, 4) is 5.75 Å². The van der Waals surface area contributed by atoms with Gasteiger partial charge in [0.05, 0.1) is 18.3 Å². The van der Waals surface area contributed by atoms with Crippen LogP contribution in [0.1, 0.15) is 82.4 Å². The molecule has 0 radical (unpaired) electrons. The molecule has 5 heteroatoms. The minimum absolute atomic E-state index is 0.141. The Bertz CT molecular complexity index is 951. The highest BCUT2D eigenvalue weighted by Crippen LogP contribution is 2.66. The molecule has 2 saturated carbocycles. The number of ether oxygens (including phenoxy) is 1. The number of cyclic esters (lactones) is 1. The number of phenols is 1. The van der Waals surface area contributed by atoms with Crippen molar-refractivity contribution in [3.63, 3.8) is 0 Å². The van der Waals surface area contributed by atoms with Crippen molar-refractivity contribution in [2.75, 3.05) is 6.61 Å². The predicted molar refractivity (Wildman–Crippen MR) is 121 cm³/mol. The number of esters is 1. The fourth-order valence-corrected chi connectivity index (χ4v) is 8.13. The third kappa shape index (κ3) is 3.15. The summed E-state index contributed by atoms with van der Waals surface area (Å²) in [6.07, 6.45) is 5.16. The Kier molecular flexibility index (Phi) is 5.41. The van der Waals surface area contributed by atoms with E-state index in [1.807, 2.05) is 19.1 Å². The summed E-state index contributed by atoms with van der Waals surface area (Å²) in [6, 6.07) is 5.56. The Hall–Kier alpha value is -1.85. The lowest BCUT2D eigenvalue weighted by Gasteiger charge is -2.53. The molecule has 0 bridgehead atoms. The second-order valence-electron chi connectivity index (χ2n) is 11.1. The quantitative estimate of drug-likeness (QED) is 0.597. The summed E-state index contributed by atoms with van der Waals surface area (Å²) in [6.45, 7) is 6.33. The van der Waals surface area contributed by atoms with Crippen LogP contribution in [0.25, 0.3) is 0 Å². The summed E-state index contributed by atoms with van der Waals surface area (Å²) in [5.74, 6) is 1.86. The van der Waals surface area contributed by atoms with Crippen LogP contribution < -0.4 is 0 Å². The van der Waals surface area contributed by atoms with E-state index >= 15 is 0 Å². The number of carbonyl (C=O) groups excluding carboxylic acids is 1. The van der Waals surface area contributed by atoms with Gasteiger partial charge in [0.2, 0.25) is 0 Å². The van der Waals surface area contributed by atoms with Crippen LogP contribution in [0, 0.1) is 29.1 Å². The first-order chi connectivity index (χ1) is 15.3. The van der Waals surface area contributed by atoms with E-state index in [1.54, 1.807) is 6.07 Å². The van der Waals surface area contributed by atoms with Crippen molar-refractivity contribution in [2.24, 2.45) is 29.1 Å². The maximum absolute atomic E-state index is 12.4. The molecule has 0 saturated heterocycles. The van der Waals surface area contributed by atoms with E-state index in [4.69, 9.17) is 4.74 Å². The van der Waals surface area contributed by atoms with E-state index in [9.17, 15) is 20.1 Å². The highest BCUT2D eigenvalue weighted by Gasteiger charge is 2.57. The lowest BCUT2D eigenvalue weighted by Crippen LogP contribution is -2.46. The first-order valence-electron chi connectivity index (χ1n) is 12.3. The molecule has 1 aromatic rings. The molecular formula is C27H36O5. The van der Waals surface area contributed by atoms with Gasteiger partial charge in [0.1, 0.15) is 11.9 Å². The first kappa shape index (κ1) is 22.0. The standard InChI is InChI=1S/C27H36O5/c1-14-11-24(32-26(31)19(14)13-28)15(2)20-7-8-21-18-12-23(30)17-5-4-6-22(29)25(17)16(18)9-10-27(20,21)3/h4-6,15-16,18,20-21,23-24,28-30H,7-13H2,1-3H3. The zero-order valence-corrected chi connectivity index (χ0v) is 19.4. The molecule has 3 aliphatic carbocycles. The summed E-state index contributed by atoms with van der Waals surface area (Å²) < 4.78 is 5.82. The lowest BCUT2D eigenvalue weighted by molar-refractivity contribution is -0.152. The third-order valence-corrected chi connectivity index (χ3v) is 9.76. The number of aliphatic hydroxyl groups is 2. The zero-order valence-electron chi connectivity index (χ0n) is 19.4. The van der Waals surface area contributed by atoms with Crippen molar-refractivity contribution in [1.29, 1.82) is 0 Å². The number of aromatic hydroxyl groups is 1. The van der Waals surface area contributed by atoms with E-state index in [-0.39, 0.29) is 30.0 Å². The molecule has 4 aliphatic rings. The average Bonchev–Trinajstić information content (AvgIpc) is 3.11. The van der Waals surface area contributed by atoms with Gasteiger partial charge in [-0.05, 0) is 85.7 Å². The van der Waals surface area contributed by atoms with Gasteiger partial charge >= 0.3 is 5.97 Å². The predicted octanol–water partition coefficient (Wildman–Crippen LogP) is 4.62. The van der Waals surface area contributed by atoms with Gasteiger partial charge in [-0.25, -0.2) is 4.79 Å². The van der Waals surface area contributed by atoms with Crippen LogP contribution in [0.4, 0.5) is 0 Å². The molecular weight excluding hydrogens is 404 g/mol. The van der Waals surface area contributed by atoms with Gasteiger partial charge in [-0.15, -0.1) is 0 Å². The first-order valence-corrected chi connectivity index (χ1v) is 12.3. The van der Waals surface area contributed by atoms with Crippen LogP contribution in [0.5, 0.6) is 5.75 Å². The van der Waals surface area contributed by atoms with Crippen molar-refractivity contribution >= 4 is 5.97 Å². The van der Waals surface area contributed by atoms with Gasteiger partial charge in [-0.2, -0.15) is 0 Å². The zero-order chi connectivity index (χ0) is 22.8. The maximum atomic E-state index is 12.4. The fraction of sp³-hybridized carbons (Fsp3) is 0.667. The van der Waals surface area contributed by atoms with Crippen LogP contribution in [-0.4, -0.2) is 34.0 Å². The molecule has 0 aromatic heterocycles. The monoisotopic (exact) mass is 440 g/mol. The summed E-state index contributed by atoms with van der Waals surface area (Å²) in [5.41, 5.74) is 3.40. The molecule has 2 fully saturated rings. The molecule has 8 unspecified atom stereocenters. The molecule has 1 heterocycles. The number of benzene rings is 1. The van der Waals surface area contributed by atoms with E-state index < -0.39 is 6.10 Å². The molecule has 3 N–H and O–H groups in total. The number of rotatable bonds is 3. The van der Waals surface area contributed by atoms with Crippen molar-refractivity contribution in [3.05, 3.63) is 40.5 Å². The smallest absolute Gasteiger partial charge is 0.336 e. The van der Waals surface area contributed by atoms with E-state index in [2.05, 4.69) is 13.8 Å². The Morgan fingerprint density at radius 1 is 1.25 bits per heavy atom. The van der Waals surface area contributed by atoms with Crippen molar-refractivity contribution in [2.45, 2.75) is 77.4 Å². The molecule has 8 atom stereocenters. The highest BCUT2D eigenvalue weighted by atomic mass is 16.5. The second kappa shape index (κ2) is 7.88. The van der Waals surface area contributed by atoms with Crippen LogP contribution in [-0.2, 0) is 9.53 Å². The van der Waals surface area contributed by atoms with Crippen LogP contribution >= 0.6 is 0 Å². The molecule has 1 aromatic carbocycles. The summed E-state index contributed by atoms with van der Waals surface area (Å²) in [7, 11) is 0. The maximum Gasteiger partial charge on any atom is 0.336 e. The number of hydrogen-bond acceptors (Lipinski definition) is 5. The molecule has 0 amide bonds. The average molecular weight is 441 g/mol. The van der Waals surface area contributed by atoms with Crippen molar-refractivity contribution in [1.82, 2.24) is 0 Å². The number of phenolic OH excluding ortho intramolecular Hbond substituents is 1. The van der Waals surface area contributed by atoms with Gasteiger partial charge in [-0.1, -0.05) is 31.6 Å². The fourth-order valence-electron chi connectivity index (χ4n) is 8.13.